The first-order valence-electron chi connectivity index (χ1n) is 5.73. The average molecular weight is 219 g/mol. The minimum absolute atomic E-state index is 0.00593. The third-order valence-corrected chi connectivity index (χ3v) is 3.03. The van der Waals surface area contributed by atoms with Crippen molar-refractivity contribution in [1.29, 1.82) is 0 Å². The van der Waals surface area contributed by atoms with Crippen molar-refractivity contribution < 1.29 is 4.79 Å². The largest absolute Gasteiger partial charge is 0.330 e. The Balaban J connectivity index is 2.25. The zero-order chi connectivity index (χ0) is 11.5. The second-order valence-corrected chi connectivity index (χ2v) is 4.17. The molecule has 1 amide bonds. The Labute approximate surface area is 95.3 Å². The summed E-state index contributed by atoms with van der Waals surface area (Å²) in [5.41, 5.74) is 7.85. The molecule has 0 aromatic carbocycles. The Morgan fingerprint density at radius 2 is 2.44 bits per heavy atom. The number of pyridine rings is 1. The molecule has 1 atom stereocenters. The van der Waals surface area contributed by atoms with Crippen molar-refractivity contribution in [2.24, 2.45) is 11.7 Å². The van der Waals surface area contributed by atoms with Crippen LogP contribution in [0.4, 0.5) is 5.82 Å². The van der Waals surface area contributed by atoms with Crippen molar-refractivity contribution >= 4 is 11.7 Å². The molecule has 0 fully saturated rings. The molecule has 86 valence electrons. The highest BCUT2D eigenvalue weighted by atomic mass is 16.2. The van der Waals surface area contributed by atoms with Gasteiger partial charge in [0.1, 0.15) is 5.82 Å². The fourth-order valence-corrected chi connectivity index (χ4v) is 2.03. The van der Waals surface area contributed by atoms with E-state index in [-0.39, 0.29) is 11.8 Å². The van der Waals surface area contributed by atoms with Crippen LogP contribution in [-0.2, 0) is 17.6 Å². The van der Waals surface area contributed by atoms with Gasteiger partial charge in [-0.2, -0.15) is 0 Å². The van der Waals surface area contributed by atoms with E-state index in [1.54, 1.807) is 0 Å². The van der Waals surface area contributed by atoms with E-state index in [0.717, 1.165) is 30.6 Å². The van der Waals surface area contributed by atoms with Crippen molar-refractivity contribution in [1.82, 2.24) is 4.98 Å². The van der Waals surface area contributed by atoms with Crippen LogP contribution in [0.1, 0.15) is 24.5 Å². The summed E-state index contributed by atoms with van der Waals surface area (Å²) < 4.78 is 0. The van der Waals surface area contributed by atoms with Gasteiger partial charge in [0.15, 0.2) is 0 Å². The van der Waals surface area contributed by atoms with Crippen LogP contribution in [0.15, 0.2) is 12.3 Å². The van der Waals surface area contributed by atoms with Gasteiger partial charge >= 0.3 is 0 Å². The van der Waals surface area contributed by atoms with Crippen LogP contribution in [0, 0.1) is 5.92 Å². The van der Waals surface area contributed by atoms with Crippen LogP contribution in [0.5, 0.6) is 0 Å². The summed E-state index contributed by atoms with van der Waals surface area (Å²) in [7, 11) is 0. The molecule has 4 nitrogen and oxygen atoms in total. The summed E-state index contributed by atoms with van der Waals surface area (Å²) in [6.07, 6.45) is 4.29. The number of aromatic nitrogens is 1. The number of rotatable bonds is 3. The summed E-state index contributed by atoms with van der Waals surface area (Å²) >= 11 is 0. The number of anilines is 1. The molecular formula is C12H17N3O. The highest BCUT2D eigenvalue weighted by molar-refractivity contribution is 5.94. The van der Waals surface area contributed by atoms with Gasteiger partial charge in [0.05, 0.1) is 0 Å². The quantitative estimate of drug-likeness (QED) is 0.800. The SMILES string of the molecule is CCc1cnc2c(c1)CC(CCN)C(=O)N2. The highest BCUT2D eigenvalue weighted by Crippen LogP contribution is 2.25. The fraction of sp³-hybridized carbons (Fsp3) is 0.500. The highest BCUT2D eigenvalue weighted by Gasteiger charge is 2.26. The van der Waals surface area contributed by atoms with Crippen molar-refractivity contribution in [3.63, 3.8) is 0 Å². The molecule has 0 radical (unpaired) electrons. The van der Waals surface area contributed by atoms with Gasteiger partial charge in [0.2, 0.25) is 5.91 Å². The van der Waals surface area contributed by atoms with Gasteiger partial charge in [-0.15, -0.1) is 0 Å². The van der Waals surface area contributed by atoms with E-state index < -0.39 is 0 Å². The van der Waals surface area contributed by atoms with E-state index in [2.05, 4.69) is 23.3 Å². The molecule has 0 saturated carbocycles. The predicted octanol–water partition coefficient (Wildman–Crippen LogP) is 1.10. The first kappa shape index (κ1) is 11.1. The van der Waals surface area contributed by atoms with E-state index in [4.69, 9.17) is 5.73 Å². The number of fused-ring (bicyclic) bond motifs is 1. The van der Waals surface area contributed by atoms with E-state index in [1.807, 2.05) is 6.20 Å². The Hall–Kier alpha value is -1.42. The van der Waals surface area contributed by atoms with Crippen LogP contribution >= 0.6 is 0 Å². The zero-order valence-corrected chi connectivity index (χ0v) is 9.49. The lowest BCUT2D eigenvalue weighted by molar-refractivity contribution is -0.120. The van der Waals surface area contributed by atoms with Crippen LogP contribution in [-0.4, -0.2) is 17.4 Å². The number of carbonyl (C=O) groups is 1. The maximum atomic E-state index is 11.7. The van der Waals surface area contributed by atoms with Gasteiger partial charge < -0.3 is 11.1 Å². The molecule has 0 bridgehead atoms. The molecule has 4 heteroatoms. The number of aryl methyl sites for hydroxylation is 1. The molecule has 1 aromatic rings. The third kappa shape index (κ3) is 2.07. The summed E-state index contributed by atoms with van der Waals surface area (Å²) in [6.45, 7) is 2.65. The Kier molecular flexibility index (Phi) is 3.19. The van der Waals surface area contributed by atoms with E-state index >= 15 is 0 Å². The third-order valence-electron chi connectivity index (χ3n) is 3.03. The Morgan fingerprint density at radius 1 is 1.62 bits per heavy atom. The second-order valence-electron chi connectivity index (χ2n) is 4.17. The lowest BCUT2D eigenvalue weighted by atomic mass is 9.91. The number of amides is 1. The van der Waals surface area contributed by atoms with Gasteiger partial charge in [-0.3, -0.25) is 4.79 Å². The predicted molar refractivity (Wildman–Crippen MR) is 63.1 cm³/mol. The molecular weight excluding hydrogens is 202 g/mol. The van der Waals surface area contributed by atoms with Gasteiger partial charge in [0.25, 0.3) is 0 Å². The van der Waals surface area contributed by atoms with Crippen LogP contribution in [0.2, 0.25) is 0 Å². The normalized spacial score (nSPS) is 19.1. The number of nitrogens with zero attached hydrogens (tertiary/aromatic N) is 1. The van der Waals surface area contributed by atoms with Gasteiger partial charge in [-0.25, -0.2) is 4.98 Å². The first-order chi connectivity index (χ1) is 7.74. The molecule has 1 aliphatic heterocycles. The molecule has 0 aliphatic carbocycles. The topological polar surface area (TPSA) is 68.0 Å². The molecule has 2 heterocycles. The van der Waals surface area contributed by atoms with Gasteiger partial charge in [-0.05, 0) is 36.9 Å². The lowest BCUT2D eigenvalue weighted by Crippen LogP contribution is -2.32. The molecule has 0 saturated heterocycles. The zero-order valence-electron chi connectivity index (χ0n) is 9.49. The molecule has 1 aromatic heterocycles. The summed E-state index contributed by atoms with van der Waals surface area (Å²) in [5.74, 6) is 0.775. The van der Waals surface area contributed by atoms with Crippen molar-refractivity contribution in [3.05, 3.63) is 23.4 Å². The molecule has 1 unspecified atom stereocenters. The smallest absolute Gasteiger partial charge is 0.229 e. The maximum absolute atomic E-state index is 11.7. The molecule has 1 aliphatic rings. The Morgan fingerprint density at radius 3 is 3.12 bits per heavy atom. The van der Waals surface area contributed by atoms with E-state index in [9.17, 15) is 4.79 Å². The van der Waals surface area contributed by atoms with Crippen LogP contribution < -0.4 is 11.1 Å². The number of nitrogens with one attached hydrogen (secondary N) is 1. The number of nitrogens with two attached hydrogens (primary N) is 1. The minimum Gasteiger partial charge on any atom is -0.330 e. The summed E-state index contributed by atoms with van der Waals surface area (Å²) in [6, 6.07) is 2.13. The standard InChI is InChI=1S/C12H17N3O/c1-2-8-5-10-6-9(3-4-13)12(16)15-11(10)14-7-8/h5,7,9H,2-4,6,13H2,1H3,(H,14,15,16). The minimum atomic E-state index is 0.00593. The fourth-order valence-electron chi connectivity index (χ4n) is 2.03. The summed E-state index contributed by atoms with van der Waals surface area (Å²) in [4.78, 5) is 16.0. The lowest BCUT2D eigenvalue weighted by Gasteiger charge is -2.23. The number of hydrogen-bond acceptors (Lipinski definition) is 3. The van der Waals surface area contributed by atoms with Gasteiger partial charge in [-0.1, -0.05) is 13.0 Å². The van der Waals surface area contributed by atoms with E-state index in [1.165, 1.54) is 5.56 Å². The first-order valence-corrected chi connectivity index (χ1v) is 5.73. The van der Waals surface area contributed by atoms with Crippen molar-refractivity contribution in [2.45, 2.75) is 26.2 Å². The molecule has 0 spiro atoms. The molecule has 16 heavy (non-hydrogen) atoms. The van der Waals surface area contributed by atoms with Crippen LogP contribution in [0.3, 0.4) is 0 Å². The summed E-state index contributed by atoms with van der Waals surface area (Å²) in [5, 5.41) is 2.84. The second kappa shape index (κ2) is 4.61. The van der Waals surface area contributed by atoms with Gasteiger partial charge in [0, 0.05) is 12.1 Å². The molecule has 2 rings (SSSR count). The van der Waals surface area contributed by atoms with Crippen LogP contribution in [0.25, 0.3) is 0 Å². The van der Waals surface area contributed by atoms with Crippen molar-refractivity contribution in [2.75, 3.05) is 11.9 Å². The monoisotopic (exact) mass is 219 g/mol. The van der Waals surface area contributed by atoms with E-state index in [0.29, 0.717) is 6.54 Å². The number of hydrogen-bond donors (Lipinski definition) is 2. The Bertz CT molecular complexity index is 403. The average Bonchev–Trinajstić information content (AvgIpc) is 2.30. The molecule has 3 N–H and O–H groups in total. The maximum Gasteiger partial charge on any atom is 0.229 e. The van der Waals surface area contributed by atoms with Crippen molar-refractivity contribution in [3.8, 4) is 0 Å². The number of carbonyl (C=O) groups excluding carboxylic acids is 1.